The molecule has 7 rings (SSSR count). The quantitative estimate of drug-likeness (QED) is 0.177. The van der Waals surface area contributed by atoms with E-state index < -0.39 is 11.9 Å². The summed E-state index contributed by atoms with van der Waals surface area (Å²) in [6.45, 7) is 5.51. The second-order valence-electron chi connectivity index (χ2n) is 14.1. The van der Waals surface area contributed by atoms with Crippen LogP contribution in [0.25, 0.3) is 0 Å². The Bertz CT molecular complexity index is 1670. The summed E-state index contributed by atoms with van der Waals surface area (Å²) in [6, 6.07) is 32.6. The molecule has 1 saturated heterocycles. The van der Waals surface area contributed by atoms with Crippen LogP contribution in [0.3, 0.4) is 0 Å². The van der Waals surface area contributed by atoms with Crippen LogP contribution in [0.15, 0.2) is 97.1 Å². The second kappa shape index (κ2) is 14.0. The highest BCUT2D eigenvalue weighted by molar-refractivity contribution is 5.46. The fourth-order valence-corrected chi connectivity index (χ4v) is 7.65. The first-order valence-corrected chi connectivity index (χ1v) is 17.5. The van der Waals surface area contributed by atoms with Gasteiger partial charge in [0.25, 0.3) is 0 Å². The van der Waals surface area contributed by atoms with Gasteiger partial charge in [-0.05, 0) is 96.0 Å². The molecule has 252 valence electrons. The summed E-state index contributed by atoms with van der Waals surface area (Å²) in [5.41, 5.74) is 6.29. The number of hydrogen-bond acceptors (Lipinski definition) is 6. The maximum absolute atomic E-state index is 12.7. The molecule has 0 amide bonds. The molecule has 0 bridgehead atoms. The monoisotopic (exact) mass is 648 g/mol. The normalized spacial score (nSPS) is 25.9. The van der Waals surface area contributed by atoms with Gasteiger partial charge in [0.1, 0.15) is 23.2 Å². The van der Waals surface area contributed by atoms with E-state index in [2.05, 4.69) is 44.2 Å². The lowest BCUT2D eigenvalue weighted by Crippen LogP contribution is -2.58. The molecule has 1 saturated carbocycles. The number of fused-ring (bicyclic) bond motifs is 1. The Morgan fingerprint density at radius 1 is 0.792 bits per heavy atom. The zero-order chi connectivity index (χ0) is 33.1. The standard InChI is InChI=1S/C42H48O6/c1-29-30(2)40(46-27-32-13-8-5-9-14-32)42(43,48-39(29)28-45-26-31-11-6-4-7-12-31)36-16-18-37(44-3)35(25-36)24-33-15-17-38-34(23-33)19-22-41(47-38)20-10-21-41/h4-9,11-18,23,25,29-30,39-40,43H,10,19-22,24,26-28H2,1-3H3/t29-,30-,39+,40+,42?/m0/s1. The zero-order valence-electron chi connectivity index (χ0n) is 28.4. The number of benzene rings is 4. The van der Waals surface area contributed by atoms with Crippen LogP contribution in [-0.4, -0.2) is 36.6 Å². The fraction of sp³-hybridized carbons (Fsp3) is 0.429. The molecule has 1 aliphatic carbocycles. The average molecular weight is 649 g/mol. The molecule has 4 aromatic rings. The summed E-state index contributed by atoms with van der Waals surface area (Å²) in [7, 11) is 1.69. The van der Waals surface area contributed by atoms with E-state index in [-0.39, 0.29) is 23.5 Å². The predicted octanol–water partition coefficient (Wildman–Crippen LogP) is 8.15. The number of methoxy groups -OCH3 is 1. The maximum atomic E-state index is 12.7. The Labute approximate surface area is 285 Å². The molecular weight excluding hydrogens is 600 g/mol. The molecular formula is C42H48O6. The van der Waals surface area contributed by atoms with Crippen LogP contribution >= 0.6 is 0 Å². The first-order chi connectivity index (χ1) is 23.4. The van der Waals surface area contributed by atoms with Crippen molar-refractivity contribution < 1.29 is 28.8 Å². The van der Waals surface area contributed by atoms with Gasteiger partial charge in [0.05, 0.1) is 33.0 Å². The van der Waals surface area contributed by atoms with Crippen molar-refractivity contribution in [3.8, 4) is 11.5 Å². The fourth-order valence-electron chi connectivity index (χ4n) is 7.65. The lowest BCUT2D eigenvalue weighted by molar-refractivity contribution is -0.350. The van der Waals surface area contributed by atoms with Crippen molar-refractivity contribution in [2.24, 2.45) is 11.8 Å². The number of aliphatic hydroxyl groups is 1. The summed E-state index contributed by atoms with van der Waals surface area (Å²) in [5.74, 6) is 0.145. The minimum Gasteiger partial charge on any atom is -0.496 e. The molecule has 1 unspecified atom stereocenters. The smallest absolute Gasteiger partial charge is 0.220 e. The number of aryl methyl sites for hydroxylation is 1. The number of rotatable bonds is 11. The summed E-state index contributed by atoms with van der Waals surface area (Å²) in [5, 5.41) is 12.7. The molecule has 1 N–H and O–H groups in total. The second-order valence-corrected chi connectivity index (χ2v) is 14.1. The van der Waals surface area contributed by atoms with Gasteiger partial charge in [-0.15, -0.1) is 0 Å². The van der Waals surface area contributed by atoms with Crippen LogP contribution in [0.5, 0.6) is 11.5 Å². The highest BCUT2D eigenvalue weighted by Crippen LogP contribution is 2.46. The Morgan fingerprint density at radius 2 is 1.52 bits per heavy atom. The molecule has 5 atom stereocenters. The van der Waals surface area contributed by atoms with Crippen LogP contribution in [-0.2, 0) is 46.1 Å². The van der Waals surface area contributed by atoms with Crippen LogP contribution < -0.4 is 9.47 Å². The summed E-state index contributed by atoms with van der Waals surface area (Å²) >= 11 is 0. The van der Waals surface area contributed by atoms with Gasteiger partial charge in [-0.3, -0.25) is 0 Å². The number of ether oxygens (including phenoxy) is 5. The van der Waals surface area contributed by atoms with Gasteiger partial charge < -0.3 is 28.8 Å². The Kier molecular flexibility index (Phi) is 9.61. The Morgan fingerprint density at radius 3 is 2.21 bits per heavy atom. The van der Waals surface area contributed by atoms with Gasteiger partial charge in [0.15, 0.2) is 0 Å². The van der Waals surface area contributed by atoms with Crippen molar-refractivity contribution in [3.63, 3.8) is 0 Å². The summed E-state index contributed by atoms with van der Waals surface area (Å²) in [4.78, 5) is 0. The van der Waals surface area contributed by atoms with Crippen LogP contribution in [0.2, 0.25) is 0 Å². The Hall–Kier alpha value is -3.68. The van der Waals surface area contributed by atoms with Crippen molar-refractivity contribution in [2.75, 3.05) is 13.7 Å². The van der Waals surface area contributed by atoms with E-state index in [4.69, 9.17) is 23.7 Å². The highest BCUT2D eigenvalue weighted by Gasteiger charge is 2.53. The van der Waals surface area contributed by atoms with Gasteiger partial charge in [-0.2, -0.15) is 0 Å². The van der Waals surface area contributed by atoms with E-state index in [0.29, 0.717) is 31.8 Å². The molecule has 48 heavy (non-hydrogen) atoms. The molecule has 0 aromatic heterocycles. The molecule has 2 aliphatic heterocycles. The van der Waals surface area contributed by atoms with Crippen LogP contribution in [0, 0.1) is 11.8 Å². The minimum absolute atomic E-state index is 0.0251. The van der Waals surface area contributed by atoms with Crippen molar-refractivity contribution in [3.05, 3.63) is 130 Å². The van der Waals surface area contributed by atoms with Crippen LogP contribution in [0.4, 0.5) is 0 Å². The third-order valence-electron chi connectivity index (χ3n) is 10.9. The molecule has 2 fully saturated rings. The SMILES string of the molecule is COc1ccc(C2(O)O[C@H](COCc3ccccc3)[C@@H](C)[C@H](C)[C@H]2OCc2ccccc2)cc1Cc1ccc2c(c1)CCC1(CCC1)O2. The Balaban J connectivity index is 1.16. The van der Waals surface area contributed by atoms with E-state index in [1.54, 1.807) is 7.11 Å². The van der Waals surface area contributed by atoms with Crippen molar-refractivity contribution in [1.82, 2.24) is 0 Å². The van der Waals surface area contributed by atoms with E-state index in [1.807, 2.05) is 66.7 Å². The zero-order valence-corrected chi connectivity index (χ0v) is 28.4. The molecule has 3 aliphatic rings. The summed E-state index contributed by atoms with van der Waals surface area (Å²) < 4.78 is 31.8. The lowest BCUT2D eigenvalue weighted by Gasteiger charge is -2.49. The third kappa shape index (κ3) is 6.77. The molecule has 4 aromatic carbocycles. The van der Waals surface area contributed by atoms with E-state index in [9.17, 15) is 5.11 Å². The molecule has 6 heteroatoms. The first-order valence-electron chi connectivity index (χ1n) is 17.5. The van der Waals surface area contributed by atoms with Gasteiger partial charge in [-0.1, -0.05) is 86.6 Å². The topological polar surface area (TPSA) is 66.4 Å². The van der Waals surface area contributed by atoms with Crippen molar-refractivity contribution >= 4 is 0 Å². The third-order valence-corrected chi connectivity index (χ3v) is 10.9. The molecule has 6 nitrogen and oxygen atoms in total. The largest absolute Gasteiger partial charge is 0.496 e. The summed E-state index contributed by atoms with van der Waals surface area (Å²) in [6.07, 6.45) is 5.41. The van der Waals surface area contributed by atoms with E-state index >= 15 is 0 Å². The number of hydrogen-bond donors (Lipinski definition) is 1. The molecule has 2 heterocycles. The van der Waals surface area contributed by atoms with Gasteiger partial charge >= 0.3 is 0 Å². The van der Waals surface area contributed by atoms with Crippen molar-refractivity contribution in [1.29, 1.82) is 0 Å². The van der Waals surface area contributed by atoms with Gasteiger partial charge in [0, 0.05) is 12.0 Å². The first kappa shape index (κ1) is 32.8. The molecule has 1 spiro atoms. The highest BCUT2D eigenvalue weighted by atomic mass is 16.7. The van der Waals surface area contributed by atoms with E-state index in [1.165, 1.54) is 17.5 Å². The van der Waals surface area contributed by atoms with Gasteiger partial charge in [-0.25, -0.2) is 0 Å². The minimum atomic E-state index is -1.71. The van der Waals surface area contributed by atoms with Gasteiger partial charge in [0.2, 0.25) is 5.79 Å². The van der Waals surface area contributed by atoms with Crippen molar-refractivity contribution in [2.45, 2.75) is 89.2 Å². The van der Waals surface area contributed by atoms with Crippen LogP contribution in [0.1, 0.15) is 72.9 Å². The maximum Gasteiger partial charge on any atom is 0.220 e. The predicted molar refractivity (Wildman–Crippen MR) is 186 cm³/mol. The molecule has 0 radical (unpaired) electrons. The average Bonchev–Trinajstić information content (AvgIpc) is 3.10. The van der Waals surface area contributed by atoms with E-state index in [0.717, 1.165) is 53.9 Å². The lowest BCUT2D eigenvalue weighted by atomic mass is 9.74.